The molecule has 8 nitrogen and oxygen atoms in total. The monoisotopic (exact) mass is 737 g/mol. The van der Waals surface area contributed by atoms with Crippen LogP contribution in [0.4, 0.5) is 4.79 Å². The Hall–Kier alpha value is -1.33. The Morgan fingerprint density at radius 1 is 0.939 bits per heavy atom. The fourth-order valence-corrected chi connectivity index (χ4v) is 7.10. The number of hydrogen-bond donors (Lipinski definition) is 2. The second kappa shape index (κ2) is 27.3. The maximum atomic E-state index is 12.2. The highest BCUT2D eigenvalue weighted by Gasteiger charge is 2.45. The molecule has 0 amide bonds. The summed E-state index contributed by atoms with van der Waals surface area (Å²) in [6.07, 6.45) is 24.0. The molecule has 2 N–H and O–H groups in total. The standard InChI is InChI=1S/C37H61BNO7PS2/c1-3-4-5-6-7-8-9-10-11-12-13-16-22-27-34(48)39-28-23-17-14-15-21-26-32-35(46-47(41,49)42-2)33(45-36(32)38)30-44-37(40)43-29-31-24-19-18-20-25-31/h15,18-21,24-25,32-33,35-36H,3-14,16-17,22-23,26-30H2,1-2H3,(H,39,48)(H,41,49)/b21-15+/t32?,33-,35-,36-,47?/m1/s1. The van der Waals surface area contributed by atoms with E-state index < -0.39 is 31.1 Å². The Kier molecular flexibility index (Phi) is 24.5. The Balaban J connectivity index is 1.57. The number of carbonyl (C=O) groups is 1. The molecule has 0 aliphatic carbocycles. The average Bonchev–Trinajstić information content (AvgIpc) is 3.38. The topological polar surface area (TPSA) is 95.5 Å². The van der Waals surface area contributed by atoms with Crippen molar-refractivity contribution in [1.82, 2.24) is 5.32 Å². The first-order valence-electron chi connectivity index (χ1n) is 18.5. The zero-order chi connectivity index (χ0) is 35.6. The third-order valence-corrected chi connectivity index (χ3v) is 10.8. The van der Waals surface area contributed by atoms with Gasteiger partial charge in [0.15, 0.2) is 0 Å². The van der Waals surface area contributed by atoms with Crippen LogP contribution in [0.25, 0.3) is 0 Å². The van der Waals surface area contributed by atoms with Gasteiger partial charge in [-0.15, -0.1) is 0 Å². The molecule has 1 heterocycles. The maximum Gasteiger partial charge on any atom is 0.508 e. The fourth-order valence-electron chi connectivity index (χ4n) is 5.87. The number of hydrogen-bond acceptors (Lipinski definition) is 8. The van der Waals surface area contributed by atoms with E-state index in [0.29, 0.717) is 6.42 Å². The summed E-state index contributed by atoms with van der Waals surface area (Å²) in [7, 11) is 7.59. The van der Waals surface area contributed by atoms with Gasteiger partial charge in [-0.1, -0.05) is 139 Å². The quantitative estimate of drug-likeness (QED) is 0.0216. The van der Waals surface area contributed by atoms with Crippen LogP contribution in [0.1, 0.15) is 128 Å². The van der Waals surface area contributed by atoms with Crippen LogP contribution in [0.3, 0.4) is 0 Å². The number of nitrogens with one attached hydrogen (secondary N) is 1. The van der Waals surface area contributed by atoms with E-state index in [1.54, 1.807) is 0 Å². The molecule has 1 fully saturated rings. The van der Waals surface area contributed by atoms with Gasteiger partial charge in [-0.3, -0.25) is 0 Å². The van der Waals surface area contributed by atoms with Crippen molar-refractivity contribution >= 4 is 49.7 Å². The van der Waals surface area contributed by atoms with Crippen LogP contribution in [0, 0.1) is 5.92 Å². The van der Waals surface area contributed by atoms with Crippen LogP contribution in [0.2, 0.25) is 0 Å². The predicted molar refractivity (Wildman–Crippen MR) is 207 cm³/mol. The summed E-state index contributed by atoms with van der Waals surface area (Å²) < 4.78 is 27.1. The molecular formula is C37H61BNO7PS2. The number of carbonyl (C=O) groups excluding carboxylic acids is 1. The van der Waals surface area contributed by atoms with Crippen LogP contribution < -0.4 is 5.32 Å². The SMILES string of the molecule is [B][C@@H]1O[C@H](COC(=O)OCc2ccccc2)[C@H](OP(O)(=S)OC)C1C/C=C/CCCCNC(=S)CCCCCCCCCCCCCCC. The summed E-state index contributed by atoms with van der Waals surface area (Å²) >= 11 is 10.6. The van der Waals surface area contributed by atoms with E-state index in [4.69, 9.17) is 55.1 Å². The lowest BCUT2D eigenvalue weighted by Gasteiger charge is -2.26. The van der Waals surface area contributed by atoms with E-state index in [1.807, 2.05) is 36.4 Å². The van der Waals surface area contributed by atoms with Crippen LogP contribution in [-0.4, -0.2) is 62.4 Å². The van der Waals surface area contributed by atoms with E-state index in [2.05, 4.69) is 18.3 Å². The molecule has 12 heteroatoms. The highest BCUT2D eigenvalue weighted by atomic mass is 32.5. The summed E-state index contributed by atoms with van der Waals surface area (Å²) in [6, 6.07) is 8.60. The van der Waals surface area contributed by atoms with Gasteiger partial charge in [-0.2, -0.15) is 0 Å². The van der Waals surface area contributed by atoms with Crippen LogP contribution >= 0.6 is 18.9 Å². The summed E-state index contributed by atoms with van der Waals surface area (Å²) in [5.74, 6) is -0.320. The number of allylic oxidation sites excluding steroid dienone is 2. The smallest absolute Gasteiger partial charge is 0.431 e. The van der Waals surface area contributed by atoms with Crippen molar-refractivity contribution < 1.29 is 32.9 Å². The van der Waals surface area contributed by atoms with Gasteiger partial charge in [0.05, 0.1) is 4.99 Å². The molecule has 5 atom stereocenters. The second-order valence-electron chi connectivity index (χ2n) is 12.9. The highest BCUT2D eigenvalue weighted by molar-refractivity contribution is 8.07. The predicted octanol–water partition coefficient (Wildman–Crippen LogP) is 9.61. The molecule has 2 radical (unpaired) electrons. The minimum absolute atomic E-state index is 0.0847. The molecule has 1 aliphatic rings. The van der Waals surface area contributed by atoms with E-state index in [1.165, 1.54) is 90.6 Å². The molecule has 49 heavy (non-hydrogen) atoms. The van der Waals surface area contributed by atoms with Gasteiger partial charge < -0.3 is 33.5 Å². The Morgan fingerprint density at radius 2 is 1.57 bits per heavy atom. The van der Waals surface area contributed by atoms with Crippen molar-refractivity contribution in [2.24, 2.45) is 5.92 Å². The number of ether oxygens (including phenoxy) is 3. The summed E-state index contributed by atoms with van der Waals surface area (Å²) in [5.41, 5.74) is 0.840. The van der Waals surface area contributed by atoms with Gasteiger partial charge in [0.2, 0.25) is 0 Å². The minimum atomic E-state index is -3.53. The summed E-state index contributed by atoms with van der Waals surface area (Å²) in [6.45, 7) is -0.451. The van der Waals surface area contributed by atoms with E-state index in [0.717, 1.165) is 42.8 Å². The number of unbranched alkanes of at least 4 members (excludes halogenated alkanes) is 14. The average molecular weight is 738 g/mol. The normalized spacial score (nSPS) is 20.3. The van der Waals surface area contributed by atoms with Gasteiger partial charge in [-0.05, 0) is 55.9 Å². The Labute approximate surface area is 308 Å². The van der Waals surface area contributed by atoms with Gasteiger partial charge >= 0.3 is 12.9 Å². The molecule has 0 saturated carbocycles. The van der Waals surface area contributed by atoms with Crippen molar-refractivity contribution in [1.29, 1.82) is 0 Å². The van der Waals surface area contributed by atoms with Gasteiger partial charge in [0.25, 0.3) is 0 Å². The molecule has 276 valence electrons. The molecule has 1 aliphatic heterocycles. The molecule has 1 saturated heterocycles. The first-order valence-corrected chi connectivity index (χ1v) is 21.5. The van der Waals surface area contributed by atoms with E-state index in [-0.39, 0.29) is 19.1 Å². The Morgan fingerprint density at radius 3 is 2.20 bits per heavy atom. The number of rotatable bonds is 28. The number of benzene rings is 1. The molecule has 2 unspecified atom stereocenters. The lowest BCUT2D eigenvalue weighted by molar-refractivity contribution is -0.0272. The van der Waals surface area contributed by atoms with E-state index in [9.17, 15) is 9.69 Å². The van der Waals surface area contributed by atoms with Crippen molar-refractivity contribution in [2.45, 2.75) is 147 Å². The van der Waals surface area contributed by atoms with Crippen LogP contribution in [0.15, 0.2) is 42.5 Å². The second-order valence-corrected chi connectivity index (χ2v) is 16.3. The van der Waals surface area contributed by atoms with Crippen molar-refractivity contribution in [3.63, 3.8) is 0 Å². The summed E-state index contributed by atoms with van der Waals surface area (Å²) in [4.78, 5) is 23.6. The van der Waals surface area contributed by atoms with Crippen molar-refractivity contribution in [3.8, 4) is 0 Å². The van der Waals surface area contributed by atoms with Gasteiger partial charge in [-0.25, -0.2) is 4.79 Å². The molecule has 0 aromatic heterocycles. The summed E-state index contributed by atoms with van der Waals surface area (Å²) in [5, 5.41) is 3.41. The highest BCUT2D eigenvalue weighted by Crippen LogP contribution is 2.48. The molecule has 0 spiro atoms. The molecule has 0 bridgehead atoms. The molecule has 1 aromatic rings. The molecule has 2 rings (SSSR count). The van der Waals surface area contributed by atoms with Gasteiger partial charge in [0, 0.05) is 25.6 Å². The van der Waals surface area contributed by atoms with Crippen LogP contribution in [-0.2, 0) is 41.7 Å². The molecule has 1 aromatic carbocycles. The maximum absolute atomic E-state index is 12.2. The van der Waals surface area contributed by atoms with Gasteiger partial charge in [0.1, 0.15) is 33.3 Å². The third-order valence-electron chi connectivity index (χ3n) is 8.79. The largest absolute Gasteiger partial charge is 0.508 e. The van der Waals surface area contributed by atoms with Crippen LogP contribution in [0.5, 0.6) is 0 Å². The van der Waals surface area contributed by atoms with E-state index >= 15 is 0 Å². The van der Waals surface area contributed by atoms with Crippen molar-refractivity contribution in [2.75, 3.05) is 20.3 Å². The lowest BCUT2D eigenvalue weighted by atomic mass is 9.82. The lowest BCUT2D eigenvalue weighted by Crippen LogP contribution is -2.33. The zero-order valence-corrected chi connectivity index (χ0v) is 32.5. The fraction of sp³-hybridized carbons (Fsp3) is 0.730. The number of thiocarbonyl (C=S) groups is 1. The third kappa shape index (κ3) is 21.0. The molecular weight excluding hydrogens is 676 g/mol. The first-order chi connectivity index (χ1) is 23.8. The van der Waals surface area contributed by atoms with Crippen molar-refractivity contribution in [3.05, 3.63) is 48.0 Å². The Bertz CT molecular complexity index is 1100. The minimum Gasteiger partial charge on any atom is -0.431 e. The first kappa shape index (κ1) is 43.8. The zero-order valence-electron chi connectivity index (χ0n) is 29.9.